The average Bonchev–Trinajstić information content (AvgIpc) is 3.39. The van der Waals surface area contributed by atoms with Crippen LogP contribution in [-0.2, 0) is 27.4 Å². The molecular weight excluding hydrogens is 889 g/mol. The molecule has 0 spiro atoms. The van der Waals surface area contributed by atoms with Crippen LogP contribution < -0.4 is 30.1 Å². The Morgan fingerprint density at radius 2 is 0.957 bits per heavy atom. The van der Waals surface area contributed by atoms with E-state index < -0.39 is 16.8 Å². The minimum Gasteiger partial charge on any atom is -0.497 e. The number of methoxy groups -OCH3 is 2. The monoisotopic (exact) mass is 956 g/mol. The lowest BCUT2D eigenvalue weighted by molar-refractivity contribution is -0.159. The molecule has 4 aromatic carbocycles. The minimum absolute atomic E-state index is 0.0471. The van der Waals surface area contributed by atoms with Crippen molar-refractivity contribution >= 4 is 33.7 Å². The topological polar surface area (TPSA) is 151 Å². The van der Waals surface area contributed by atoms with Gasteiger partial charge in [0, 0.05) is 50.4 Å². The summed E-state index contributed by atoms with van der Waals surface area (Å²) >= 11 is 0. The fraction of sp³-hybridized carbons (Fsp3) is 0.429. The van der Waals surface area contributed by atoms with E-state index in [-0.39, 0.29) is 17.1 Å². The number of aliphatic carboxylic acids is 1. The summed E-state index contributed by atoms with van der Waals surface area (Å²) in [4.78, 5) is 55.2. The molecule has 0 saturated carbocycles. The zero-order valence-electron chi connectivity index (χ0n) is 40.9. The fourth-order valence-electron chi connectivity index (χ4n) is 9.84. The predicted molar refractivity (Wildman–Crippen MR) is 272 cm³/mol. The van der Waals surface area contributed by atoms with Crippen molar-refractivity contribution < 1.29 is 38.4 Å². The van der Waals surface area contributed by atoms with Gasteiger partial charge in [-0.2, -0.15) is 0 Å². The third kappa shape index (κ3) is 13.2. The molecule has 1 N–H and O–H groups in total. The molecule has 70 heavy (non-hydrogen) atoms. The van der Waals surface area contributed by atoms with Crippen LogP contribution in [0.15, 0.2) is 131 Å². The molecule has 0 amide bonds. The molecule has 4 heterocycles. The fourth-order valence-corrected chi connectivity index (χ4v) is 9.84. The molecule has 2 aliphatic rings. The number of likely N-dealkylation sites (tertiary alicyclic amines) is 2. The van der Waals surface area contributed by atoms with E-state index in [2.05, 4.69) is 9.80 Å². The first-order valence-corrected chi connectivity index (χ1v) is 24.6. The molecule has 0 radical (unpaired) electrons. The highest BCUT2D eigenvalue weighted by Gasteiger charge is 2.43. The Bertz CT molecular complexity index is 2740. The summed E-state index contributed by atoms with van der Waals surface area (Å²) in [7, 11) is 3.22. The van der Waals surface area contributed by atoms with E-state index in [4.69, 9.17) is 23.7 Å². The second kappa shape index (κ2) is 24.8. The van der Waals surface area contributed by atoms with Crippen LogP contribution in [0.2, 0.25) is 0 Å². The smallest absolute Gasteiger partial charge is 0.312 e. The maximum atomic E-state index is 13.1. The van der Waals surface area contributed by atoms with Crippen LogP contribution >= 0.6 is 0 Å². The number of pyridine rings is 2. The summed E-state index contributed by atoms with van der Waals surface area (Å²) in [6.07, 6.45) is 5.27. The molecule has 0 bridgehead atoms. The molecule has 372 valence electrons. The van der Waals surface area contributed by atoms with Crippen LogP contribution in [0.4, 0.5) is 0 Å². The second-order valence-electron chi connectivity index (χ2n) is 18.3. The van der Waals surface area contributed by atoms with Gasteiger partial charge in [-0.25, -0.2) is 0 Å². The normalized spacial score (nSPS) is 15.6. The van der Waals surface area contributed by atoms with E-state index in [1.807, 2.05) is 116 Å². The zero-order valence-corrected chi connectivity index (χ0v) is 40.9. The Kier molecular flexibility index (Phi) is 18.1. The number of para-hydroxylation sites is 2. The van der Waals surface area contributed by atoms with E-state index in [9.17, 15) is 24.3 Å². The number of esters is 1. The molecule has 0 aliphatic carbocycles. The Labute approximate surface area is 410 Å². The third-order valence-corrected chi connectivity index (χ3v) is 14.1. The highest BCUT2D eigenvalue weighted by molar-refractivity contribution is 5.81. The molecule has 0 atom stereocenters. The number of carbonyl (C=O) groups is 2. The number of aromatic nitrogens is 2. The Hall–Kier alpha value is -6.64. The van der Waals surface area contributed by atoms with Crippen LogP contribution in [0.1, 0.15) is 58.3 Å². The van der Waals surface area contributed by atoms with Crippen molar-refractivity contribution in [3.63, 3.8) is 0 Å². The van der Waals surface area contributed by atoms with Crippen molar-refractivity contribution in [1.82, 2.24) is 18.9 Å². The number of aryl methyl sites for hydroxylation is 2. The van der Waals surface area contributed by atoms with Gasteiger partial charge in [-0.05, 0) is 156 Å². The van der Waals surface area contributed by atoms with Gasteiger partial charge in [0.05, 0.1) is 42.7 Å². The van der Waals surface area contributed by atoms with E-state index >= 15 is 0 Å². The van der Waals surface area contributed by atoms with Crippen molar-refractivity contribution in [3.8, 4) is 23.0 Å². The number of hydrogen-bond acceptors (Lipinski definition) is 11. The average molecular weight is 957 g/mol. The van der Waals surface area contributed by atoms with Gasteiger partial charge < -0.3 is 37.9 Å². The molecule has 14 nitrogen and oxygen atoms in total. The van der Waals surface area contributed by atoms with Crippen molar-refractivity contribution in [1.29, 1.82) is 0 Å². The quantitative estimate of drug-likeness (QED) is 0.0689. The van der Waals surface area contributed by atoms with Gasteiger partial charge >= 0.3 is 11.9 Å². The van der Waals surface area contributed by atoms with Crippen LogP contribution in [0.3, 0.4) is 0 Å². The molecule has 2 fully saturated rings. The van der Waals surface area contributed by atoms with E-state index in [1.54, 1.807) is 35.5 Å². The largest absolute Gasteiger partial charge is 0.497 e. The van der Waals surface area contributed by atoms with Crippen molar-refractivity contribution in [2.75, 3.05) is 73.3 Å². The number of ether oxygens (including phenoxy) is 5. The molecule has 6 aromatic rings. The van der Waals surface area contributed by atoms with Crippen molar-refractivity contribution in [3.05, 3.63) is 142 Å². The highest BCUT2D eigenvalue weighted by atomic mass is 16.5. The summed E-state index contributed by atoms with van der Waals surface area (Å²) in [5.74, 6) is 2.28. The van der Waals surface area contributed by atoms with Gasteiger partial charge in [0.2, 0.25) is 0 Å². The number of fused-ring (bicyclic) bond motifs is 2. The summed E-state index contributed by atoms with van der Waals surface area (Å²) in [6.45, 7) is 9.14. The Morgan fingerprint density at radius 3 is 1.37 bits per heavy atom. The lowest BCUT2D eigenvalue weighted by Gasteiger charge is -2.40. The van der Waals surface area contributed by atoms with Gasteiger partial charge in [-0.15, -0.1) is 0 Å². The van der Waals surface area contributed by atoms with E-state index in [0.717, 1.165) is 85.4 Å². The molecule has 2 aliphatic heterocycles. The number of rotatable bonds is 21. The number of nitrogens with zero attached hydrogens (tertiary/aromatic N) is 4. The molecule has 8 rings (SSSR count). The SMILES string of the molecule is CCOC(=O)C1(CCCn2c(=O)ccc3ccc(OC)cc32)CCN(CCOc2ccccc2)CC1.COc1ccc2ccc(=O)n(CCCC3(C(=O)O)CCN(CCOc4ccccc4)CC3)c2c1. The summed E-state index contributed by atoms with van der Waals surface area (Å²) < 4.78 is 31.3. The summed E-state index contributed by atoms with van der Waals surface area (Å²) in [5.41, 5.74) is 0.263. The lowest BCUT2D eigenvalue weighted by atomic mass is 9.74. The highest BCUT2D eigenvalue weighted by Crippen LogP contribution is 2.39. The first kappa shape index (κ1) is 51.2. The zero-order chi connectivity index (χ0) is 49.4. The minimum atomic E-state index is -0.747. The number of benzene rings is 4. The first-order chi connectivity index (χ1) is 34.0. The van der Waals surface area contributed by atoms with Crippen LogP contribution in [-0.4, -0.2) is 109 Å². The standard InChI is InChI=1S/C29H36N2O5.C27H32N2O5/c1-3-35-28(33)29(15-18-30(19-16-29)20-21-36-24-8-5-4-6-9-24)14-7-17-31-26-22-25(34-2)12-10-23(26)11-13-27(31)32;1-33-23-10-8-21-9-11-25(30)29(24(21)20-23)15-5-12-27(26(31)32)13-16-28(17-14-27)18-19-34-22-6-3-2-4-7-22/h4-6,8-13,22H,3,7,14-21H2,1-2H3;2-4,6-11,20H,5,12-19H2,1H3,(H,31,32). The molecule has 14 heteroatoms. The van der Waals surface area contributed by atoms with E-state index in [1.165, 1.54) is 0 Å². The third-order valence-electron chi connectivity index (χ3n) is 14.1. The van der Waals surface area contributed by atoms with Gasteiger partial charge in [0.25, 0.3) is 11.1 Å². The molecule has 0 unspecified atom stereocenters. The van der Waals surface area contributed by atoms with Gasteiger partial charge in [0.1, 0.15) is 36.2 Å². The number of piperidine rings is 2. The van der Waals surface area contributed by atoms with Gasteiger partial charge in [-0.1, -0.05) is 36.4 Å². The van der Waals surface area contributed by atoms with Crippen molar-refractivity contribution in [2.45, 2.75) is 71.4 Å². The van der Waals surface area contributed by atoms with Crippen molar-refractivity contribution in [2.24, 2.45) is 10.8 Å². The van der Waals surface area contributed by atoms with Gasteiger partial charge in [-0.3, -0.25) is 29.0 Å². The Balaban J connectivity index is 0.000000207. The van der Waals surface area contributed by atoms with Crippen LogP contribution in [0.5, 0.6) is 23.0 Å². The summed E-state index contributed by atoms with van der Waals surface area (Å²) in [6, 6.07) is 37.8. The van der Waals surface area contributed by atoms with Gasteiger partial charge in [0.15, 0.2) is 0 Å². The maximum Gasteiger partial charge on any atom is 0.312 e. The second-order valence-corrected chi connectivity index (χ2v) is 18.3. The summed E-state index contributed by atoms with van der Waals surface area (Å²) in [5, 5.41) is 12.0. The molecule has 2 saturated heterocycles. The lowest BCUT2D eigenvalue weighted by Crippen LogP contribution is -2.46. The number of hydrogen-bond donors (Lipinski definition) is 1. The number of carbonyl (C=O) groups excluding carboxylic acids is 1. The van der Waals surface area contributed by atoms with Crippen LogP contribution in [0, 0.1) is 10.8 Å². The predicted octanol–water partition coefficient (Wildman–Crippen LogP) is 8.55. The molecular formula is C56H68N4O10. The number of carboxylic acid groups (broad SMARTS) is 1. The maximum absolute atomic E-state index is 13.1. The number of carboxylic acids is 1. The first-order valence-electron chi connectivity index (χ1n) is 24.6. The Morgan fingerprint density at radius 1 is 0.543 bits per heavy atom. The van der Waals surface area contributed by atoms with Crippen LogP contribution in [0.25, 0.3) is 21.8 Å². The van der Waals surface area contributed by atoms with E-state index in [0.29, 0.717) is 82.9 Å². The molecule has 2 aromatic heterocycles.